The fourth-order valence-corrected chi connectivity index (χ4v) is 5.89. The van der Waals surface area contributed by atoms with Crippen molar-refractivity contribution in [2.24, 2.45) is 0 Å². The highest BCUT2D eigenvalue weighted by molar-refractivity contribution is 8.00. The molecular formula is C29H26N2O4S. The van der Waals surface area contributed by atoms with Crippen molar-refractivity contribution < 1.29 is 19.1 Å². The number of esters is 1. The van der Waals surface area contributed by atoms with Gasteiger partial charge in [0.25, 0.3) is 0 Å². The highest BCUT2D eigenvalue weighted by atomic mass is 32.2. The topological polar surface area (TPSA) is 75.7 Å². The Labute approximate surface area is 214 Å². The number of β-lactam (4-membered cyclic amide) rings is 1. The Bertz CT molecular complexity index is 1230. The Morgan fingerprint density at radius 1 is 0.944 bits per heavy atom. The van der Waals surface area contributed by atoms with Crippen LogP contribution in [0.2, 0.25) is 0 Å². The third-order valence-corrected chi connectivity index (χ3v) is 7.75. The molecule has 2 heterocycles. The number of carbonyl (C=O) groups is 3. The number of benzene rings is 3. The van der Waals surface area contributed by atoms with E-state index < -0.39 is 24.2 Å². The second-order valence-electron chi connectivity index (χ2n) is 8.85. The summed E-state index contributed by atoms with van der Waals surface area (Å²) in [6.07, 6.45) is -0.422. The zero-order valence-corrected chi connectivity index (χ0v) is 20.4. The number of amides is 2. The molecule has 0 spiro atoms. The fourth-order valence-electron chi connectivity index (χ4n) is 4.59. The molecule has 0 bridgehead atoms. The third kappa shape index (κ3) is 4.79. The number of nitrogens with zero attached hydrogens (tertiary/aromatic N) is 1. The first kappa shape index (κ1) is 23.9. The van der Waals surface area contributed by atoms with Gasteiger partial charge < -0.3 is 15.0 Å². The van der Waals surface area contributed by atoms with Crippen molar-refractivity contribution >= 4 is 29.5 Å². The van der Waals surface area contributed by atoms with Crippen LogP contribution in [-0.4, -0.2) is 45.9 Å². The average Bonchev–Trinajstić information content (AvgIpc) is 2.91. The summed E-state index contributed by atoms with van der Waals surface area (Å²) in [4.78, 5) is 40.7. The van der Waals surface area contributed by atoms with Crippen molar-refractivity contribution in [3.05, 3.63) is 120 Å². The Balaban J connectivity index is 1.30. The van der Waals surface area contributed by atoms with Gasteiger partial charge in [-0.1, -0.05) is 97.6 Å². The van der Waals surface area contributed by atoms with Crippen LogP contribution >= 0.6 is 11.8 Å². The largest absolute Gasteiger partial charge is 0.451 e. The van der Waals surface area contributed by atoms with E-state index in [0.717, 1.165) is 16.7 Å². The number of carbonyl (C=O) groups excluding carboxylic acids is 3. The maximum Gasteiger partial charge on any atom is 0.334 e. The molecule has 2 amide bonds. The van der Waals surface area contributed by atoms with E-state index in [-0.39, 0.29) is 23.6 Å². The number of rotatable bonds is 7. The van der Waals surface area contributed by atoms with Crippen LogP contribution in [0.5, 0.6) is 0 Å². The summed E-state index contributed by atoms with van der Waals surface area (Å²) in [6, 6.07) is 26.8. The van der Waals surface area contributed by atoms with E-state index in [0.29, 0.717) is 11.3 Å². The van der Waals surface area contributed by atoms with Crippen molar-refractivity contribution in [1.29, 1.82) is 0 Å². The highest BCUT2D eigenvalue weighted by Crippen LogP contribution is 2.41. The van der Waals surface area contributed by atoms with Crippen LogP contribution < -0.4 is 5.32 Å². The van der Waals surface area contributed by atoms with Gasteiger partial charge in [-0.15, -0.1) is 11.8 Å². The van der Waals surface area contributed by atoms with E-state index >= 15 is 0 Å². The zero-order chi connectivity index (χ0) is 25.1. The van der Waals surface area contributed by atoms with Gasteiger partial charge in [-0.2, -0.15) is 0 Å². The minimum absolute atomic E-state index is 0.190. The first-order chi connectivity index (χ1) is 17.5. The molecule has 0 saturated carbocycles. The predicted octanol–water partition coefficient (Wildman–Crippen LogP) is 3.89. The molecule has 36 heavy (non-hydrogen) atoms. The second-order valence-corrected chi connectivity index (χ2v) is 9.96. The Morgan fingerprint density at radius 2 is 1.50 bits per heavy atom. The molecule has 2 aliphatic rings. The van der Waals surface area contributed by atoms with Gasteiger partial charge in [0.05, 0.1) is 6.42 Å². The molecule has 3 aromatic carbocycles. The molecule has 0 aromatic heterocycles. The molecule has 5 rings (SSSR count). The molecule has 2 unspecified atom stereocenters. The number of fused-ring (bicyclic) bond motifs is 1. The van der Waals surface area contributed by atoms with E-state index in [1.54, 1.807) is 0 Å². The summed E-state index contributed by atoms with van der Waals surface area (Å²) in [5, 5.41) is 2.51. The van der Waals surface area contributed by atoms with Gasteiger partial charge in [0, 0.05) is 5.75 Å². The lowest BCUT2D eigenvalue weighted by atomic mass is 9.97. The van der Waals surface area contributed by atoms with E-state index in [4.69, 9.17) is 4.74 Å². The number of thioether (sulfide) groups is 1. The molecule has 182 valence electrons. The Morgan fingerprint density at radius 3 is 2.08 bits per heavy atom. The smallest absolute Gasteiger partial charge is 0.334 e. The monoisotopic (exact) mass is 498 g/mol. The highest BCUT2D eigenvalue weighted by Gasteiger charge is 2.56. The molecular weight excluding hydrogens is 472 g/mol. The van der Waals surface area contributed by atoms with Crippen molar-refractivity contribution in [2.45, 2.75) is 30.0 Å². The molecule has 6 nitrogen and oxygen atoms in total. The van der Waals surface area contributed by atoms with Crippen LogP contribution in [-0.2, 0) is 25.5 Å². The minimum Gasteiger partial charge on any atom is -0.451 e. The maximum atomic E-state index is 13.5. The van der Waals surface area contributed by atoms with Crippen molar-refractivity contribution in [2.75, 3.05) is 5.75 Å². The SMILES string of the molecule is C=C1CS[C@@H]2C(NC(=O)Cc3ccccc3)C(=O)N2C1C(=O)OC(c1ccccc1)c1ccccc1. The van der Waals surface area contributed by atoms with Gasteiger partial charge in [0.2, 0.25) is 11.8 Å². The van der Waals surface area contributed by atoms with Crippen LogP contribution in [0.25, 0.3) is 0 Å². The number of ether oxygens (including phenoxy) is 1. The van der Waals surface area contributed by atoms with E-state index in [1.807, 2.05) is 91.0 Å². The van der Waals surface area contributed by atoms with Crippen LogP contribution in [0.4, 0.5) is 0 Å². The molecule has 3 atom stereocenters. The molecule has 0 aliphatic carbocycles. The van der Waals surface area contributed by atoms with E-state index in [1.165, 1.54) is 16.7 Å². The van der Waals surface area contributed by atoms with Gasteiger partial charge in [0.1, 0.15) is 11.4 Å². The standard InChI is InChI=1S/C29H26N2O4S/c1-19-18-36-28-24(30-23(32)17-20-11-5-2-6-12-20)27(33)31(28)25(19)29(34)35-26(21-13-7-3-8-14-21)22-15-9-4-10-16-22/h2-16,24-26,28H,1,17-18H2,(H,30,32)/t24?,25?,28-/m1/s1. The van der Waals surface area contributed by atoms with Gasteiger partial charge in [-0.25, -0.2) is 4.79 Å². The summed E-state index contributed by atoms with van der Waals surface area (Å²) in [6.45, 7) is 4.06. The fraction of sp³-hybridized carbons (Fsp3) is 0.207. The average molecular weight is 499 g/mol. The van der Waals surface area contributed by atoms with Crippen LogP contribution in [0.15, 0.2) is 103 Å². The maximum absolute atomic E-state index is 13.5. The number of hydrogen-bond acceptors (Lipinski definition) is 5. The quantitative estimate of drug-likeness (QED) is 0.304. The molecule has 7 heteroatoms. The number of nitrogens with one attached hydrogen (secondary N) is 1. The molecule has 2 aliphatic heterocycles. The van der Waals surface area contributed by atoms with Crippen LogP contribution in [0.3, 0.4) is 0 Å². The third-order valence-electron chi connectivity index (χ3n) is 6.37. The summed E-state index contributed by atoms with van der Waals surface area (Å²) in [5.74, 6) is -0.546. The van der Waals surface area contributed by atoms with Gasteiger partial charge in [0.15, 0.2) is 12.1 Å². The normalized spacial score (nSPS) is 20.9. The van der Waals surface area contributed by atoms with E-state index in [2.05, 4.69) is 11.9 Å². The molecule has 1 N–H and O–H groups in total. The van der Waals surface area contributed by atoms with Gasteiger partial charge in [-0.3, -0.25) is 9.59 Å². The molecule has 2 fully saturated rings. The first-order valence-electron chi connectivity index (χ1n) is 11.8. The molecule has 3 aromatic rings. The lowest BCUT2D eigenvalue weighted by Crippen LogP contribution is -2.74. The minimum atomic E-state index is -0.888. The Hall–Kier alpha value is -3.84. The number of hydrogen-bond donors (Lipinski definition) is 1. The lowest BCUT2D eigenvalue weighted by Gasteiger charge is -2.52. The van der Waals surface area contributed by atoms with E-state index in [9.17, 15) is 14.4 Å². The predicted molar refractivity (Wildman–Crippen MR) is 139 cm³/mol. The zero-order valence-electron chi connectivity index (χ0n) is 19.6. The van der Waals surface area contributed by atoms with Gasteiger partial charge in [-0.05, 0) is 22.3 Å². The summed E-state index contributed by atoms with van der Waals surface area (Å²) >= 11 is 1.50. The summed E-state index contributed by atoms with van der Waals surface area (Å²) in [7, 11) is 0. The summed E-state index contributed by atoms with van der Waals surface area (Å²) < 4.78 is 6.04. The summed E-state index contributed by atoms with van der Waals surface area (Å²) in [5.41, 5.74) is 3.16. The van der Waals surface area contributed by atoms with Crippen LogP contribution in [0, 0.1) is 0 Å². The van der Waals surface area contributed by atoms with Crippen molar-refractivity contribution in [3.8, 4) is 0 Å². The Kier molecular flexibility index (Phi) is 6.91. The lowest BCUT2D eigenvalue weighted by molar-refractivity contribution is -0.165. The van der Waals surface area contributed by atoms with Crippen molar-refractivity contribution in [3.63, 3.8) is 0 Å². The first-order valence-corrected chi connectivity index (χ1v) is 12.8. The van der Waals surface area contributed by atoms with Crippen LogP contribution in [0.1, 0.15) is 22.8 Å². The van der Waals surface area contributed by atoms with Crippen molar-refractivity contribution in [1.82, 2.24) is 10.2 Å². The second kappa shape index (κ2) is 10.4. The molecule has 2 saturated heterocycles. The molecule has 0 radical (unpaired) electrons. The van der Waals surface area contributed by atoms with Gasteiger partial charge >= 0.3 is 5.97 Å².